The molecule has 2 N–H and O–H groups in total. The van der Waals surface area contributed by atoms with Crippen LogP contribution in [0.15, 0.2) is 40.9 Å². The number of hydrogen-bond donors (Lipinski definition) is 2. The van der Waals surface area contributed by atoms with Gasteiger partial charge in [0.15, 0.2) is 5.78 Å². The zero-order valence-corrected chi connectivity index (χ0v) is 11.5. The minimum Gasteiger partial charge on any atom is -0.506 e. The Balaban J connectivity index is 2.63. The molecule has 0 heterocycles. The van der Waals surface area contributed by atoms with Crippen LogP contribution in [-0.4, -0.2) is 20.9 Å². The Bertz CT molecular complexity index is 700. The Morgan fingerprint density at radius 1 is 1.15 bits per heavy atom. The molecule has 2 rings (SSSR count). The van der Waals surface area contributed by atoms with Crippen molar-refractivity contribution < 1.29 is 19.9 Å². The lowest BCUT2D eigenvalue weighted by Gasteiger charge is -2.07. The van der Waals surface area contributed by atoms with Crippen LogP contribution in [0.3, 0.4) is 0 Å². The molecular weight excluding hydrogens is 330 g/mol. The third kappa shape index (κ3) is 2.35. The van der Waals surface area contributed by atoms with Crippen molar-refractivity contribution in [3.63, 3.8) is 0 Å². The van der Waals surface area contributed by atoms with E-state index in [0.29, 0.717) is 0 Å². The van der Waals surface area contributed by atoms with Crippen LogP contribution in [0.2, 0.25) is 0 Å². The number of nitro benzene ring substituents is 1. The van der Waals surface area contributed by atoms with Crippen molar-refractivity contribution in [1.29, 1.82) is 0 Å². The molecule has 0 bridgehead atoms. The standard InChI is InChI=1S/C13H8BrNO5/c14-10-12(17)8(6-9(13(10)18)15(19)20)11(16)7-4-2-1-3-5-7/h1-6,17-18H. The molecule has 0 atom stereocenters. The minimum absolute atomic E-state index is 0.257. The first-order chi connectivity index (χ1) is 9.43. The second-order valence-corrected chi connectivity index (χ2v) is 4.70. The summed E-state index contributed by atoms with van der Waals surface area (Å²) in [4.78, 5) is 22.2. The molecule has 2 aromatic carbocycles. The molecule has 20 heavy (non-hydrogen) atoms. The highest BCUT2D eigenvalue weighted by atomic mass is 79.9. The Morgan fingerprint density at radius 3 is 2.30 bits per heavy atom. The van der Waals surface area contributed by atoms with E-state index in [-0.39, 0.29) is 15.6 Å². The van der Waals surface area contributed by atoms with Gasteiger partial charge in [0.1, 0.15) is 10.2 Å². The van der Waals surface area contributed by atoms with Crippen LogP contribution in [0, 0.1) is 10.1 Å². The molecule has 2 aromatic rings. The number of ketones is 1. The van der Waals surface area contributed by atoms with E-state index < -0.39 is 27.9 Å². The number of phenolic OH excluding ortho intramolecular Hbond substituents is 2. The second kappa shape index (κ2) is 5.30. The molecule has 0 aliphatic heterocycles. The van der Waals surface area contributed by atoms with Gasteiger partial charge < -0.3 is 10.2 Å². The first-order valence-electron chi connectivity index (χ1n) is 5.42. The minimum atomic E-state index is -0.832. The third-order valence-corrected chi connectivity index (χ3v) is 3.42. The largest absolute Gasteiger partial charge is 0.506 e. The fourth-order valence-corrected chi connectivity index (χ4v) is 2.09. The number of carbonyl (C=O) groups is 1. The summed E-state index contributed by atoms with van der Waals surface area (Å²) in [6.45, 7) is 0. The molecule has 0 fully saturated rings. The number of hydrogen-bond acceptors (Lipinski definition) is 5. The lowest BCUT2D eigenvalue weighted by Crippen LogP contribution is -2.03. The summed E-state index contributed by atoms with van der Waals surface area (Å²) >= 11 is 2.83. The molecule has 0 spiro atoms. The molecule has 0 aliphatic carbocycles. The molecule has 7 heteroatoms. The first-order valence-corrected chi connectivity index (χ1v) is 6.21. The van der Waals surface area contributed by atoms with Crippen molar-refractivity contribution in [1.82, 2.24) is 0 Å². The lowest BCUT2D eigenvalue weighted by atomic mass is 10.0. The molecular formula is C13H8BrNO5. The zero-order valence-electron chi connectivity index (χ0n) is 9.91. The van der Waals surface area contributed by atoms with Gasteiger partial charge in [-0.1, -0.05) is 30.3 Å². The Kier molecular flexibility index (Phi) is 3.71. The number of phenols is 2. The van der Waals surface area contributed by atoms with Gasteiger partial charge in [-0.3, -0.25) is 14.9 Å². The number of halogens is 1. The number of carbonyl (C=O) groups excluding carboxylic acids is 1. The number of benzene rings is 2. The maximum absolute atomic E-state index is 12.2. The highest BCUT2D eigenvalue weighted by Gasteiger charge is 2.26. The quantitative estimate of drug-likeness (QED) is 0.509. The fraction of sp³-hybridized carbons (Fsp3) is 0. The number of rotatable bonds is 3. The number of nitro groups is 1. The van der Waals surface area contributed by atoms with Crippen LogP contribution in [0.25, 0.3) is 0 Å². The smallest absolute Gasteiger partial charge is 0.312 e. The lowest BCUT2D eigenvalue weighted by molar-refractivity contribution is -0.386. The van der Waals surface area contributed by atoms with Gasteiger partial charge in [0.2, 0.25) is 5.75 Å². The Hall–Kier alpha value is -2.41. The Labute approximate surface area is 121 Å². The molecule has 0 aliphatic rings. The van der Waals surface area contributed by atoms with Gasteiger partial charge in [0.05, 0.1) is 10.5 Å². The molecule has 0 saturated heterocycles. The molecule has 0 saturated carbocycles. The van der Waals surface area contributed by atoms with Crippen molar-refractivity contribution in [3.8, 4) is 11.5 Å². The zero-order chi connectivity index (χ0) is 14.9. The van der Waals surface area contributed by atoms with Crippen LogP contribution in [-0.2, 0) is 0 Å². The van der Waals surface area contributed by atoms with Gasteiger partial charge in [-0.15, -0.1) is 0 Å². The van der Waals surface area contributed by atoms with Gasteiger partial charge in [0.25, 0.3) is 0 Å². The van der Waals surface area contributed by atoms with Crippen LogP contribution >= 0.6 is 15.9 Å². The van der Waals surface area contributed by atoms with Crippen LogP contribution in [0.5, 0.6) is 11.5 Å². The van der Waals surface area contributed by atoms with Gasteiger partial charge in [0, 0.05) is 11.6 Å². The van der Waals surface area contributed by atoms with Crippen molar-refractivity contribution >= 4 is 27.4 Å². The highest BCUT2D eigenvalue weighted by molar-refractivity contribution is 9.10. The van der Waals surface area contributed by atoms with Gasteiger partial charge >= 0.3 is 5.69 Å². The molecule has 102 valence electrons. The molecule has 0 aromatic heterocycles. The first kappa shape index (κ1) is 14.0. The number of aromatic hydroxyl groups is 2. The highest BCUT2D eigenvalue weighted by Crippen LogP contribution is 2.43. The van der Waals surface area contributed by atoms with E-state index in [1.165, 1.54) is 12.1 Å². The molecule has 6 nitrogen and oxygen atoms in total. The monoisotopic (exact) mass is 337 g/mol. The Morgan fingerprint density at radius 2 is 1.75 bits per heavy atom. The van der Waals surface area contributed by atoms with Gasteiger partial charge in [-0.25, -0.2) is 0 Å². The summed E-state index contributed by atoms with van der Waals surface area (Å²) in [5, 5.41) is 30.3. The summed E-state index contributed by atoms with van der Waals surface area (Å²) in [7, 11) is 0. The van der Waals surface area contributed by atoms with E-state index in [9.17, 15) is 25.1 Å². The SMILES string of the molecule is O=C(c1ccccc1)c1cc([N+](=O)[O-])c(O)c(Br)c1O. The normalized spacial score (nSPS) is 10.2. The number of nitrogens with zero attached hydrogens (tertiary/aromatic N) is 1. The second-order valence-electron chi connectivity index (χ2n) is 3.91. The predicted octanol–water partition coefficient (Wildman–Crippen LogP) is 3.00. The summed E-state index contributed by atoms with van der Waals surface area (Å²) in [5.41, 5.74) is -0.642. The predicted molar refractivity (Wildman–Crippen MR) is 74.0 cm³/mol. The average molecular weight is 338 g/mol. The summed E-state index contributed by atoms with van der Waals surface area (Å²) < 4.78 is -0.286. The van der Waals surface area contributed by atoms with E-state index in [1.54, 1.807) is 18.2 Å². The van der Waals surface area contributed by atoms with Crippen molar-refractivity contribution in [2.24, 2.45) is 0 Å². The molecule has 0 unspecified atom stereocenters. The van der Waals surface area contributed by atoms with E-state index in [0.717, 1.165) is 6.07 Å². The fourth-order valence-electron chi connectivity index (χ4n) is 1.67. The van der Waals surface area contributed by atoms with Crippen molar-refractivity contribution in [2.75, 3.05) is 0 Å². The van der Waals surface area contributed by atoms with E-state index in [4.69, 9.17) is 0 Å². The van der Waals surface area contributed by atoms with Gasteiger partial charge in [-0.05, 0) is 15.9 Å². The topological polar surface area (TPSA) is 101 Å². The van der Waals surface area contributed by atoms with Crippen LogP contribution in [0.1, 0.15) is 15.9 Å². The average Bonchev–Trinajstić information content (AvgIpc) is 2.45. The summed E-state index contributed by atoms with van der Waals surface area (Å²) in [6.07, 6.45) is 0. The van der Waals surface area contributed by atoms with Gasteiger partial charge in [-0.2, -0.15) is 0 Å². The van der Waals surface area contributed by atoms with Crippen molar-refractivity contribution in [2.45, 2.75) is 0 Å². The summed E-state index contributed by atoms with van der Waals surface area (Å²) in [5.74, 6) is -1.84. The van der Waals surface area contributed by atoms with E-state index in [1.807, 2.05) is 0 Å². The van der Waals surface area contributed by atoms with E-state index in [2.05, 4.69) is 15.9 Å². The molecule has 0 radical (unpaired) electrons. The van der Waals surface area contributed by atoms with Crippen LogP contribution < -0.4 is 0 Å². The third-order valence-electron chi connectivity index (χ3n) is 2.67. The molecule has 0 amide bonds. The maximum atomic E-state index is 12.2. The van der Waals surface area contributed by atoms with Crippen LogP contribution in [0.4, 0.5) is 5.69 Å². The maximum Gasteiger partial charge on any atom is 0.312 e. The summed E-state index contributed by atoms with van der Waals surface area (Å²) in [6, 6.07) is 8.88. The van der Waals surface area contributed by atoms with Crippen molar-refractivity contribution in [3.05, 3.63) is 62.1 Å². The van der Waals surface area contributed by atoms with E-state index >= 15 is 0 Å².